The van der Waals surface area contributed by atoms with Gasteiger partial charge in [0.1, 0.15) is 12.3 Å². The number of hydrogen-bond acceptors (Lipinski definition) is 8. The molecule has 2 aliphatic heterocycles. The minimum Gasteiger partial charge on any atom is -0.481 e. The topological polar surface area (TPSA) is 178 Å². The molecule has 3 aromatic rings. The number of rotatable bonds is 20. The zero-order valence-electron chi connectivity index (χ0n) is 32.4. The number of allylic oxidation sites excluding steroid dienone is 4. The fourth-order valence-electron chi connectivity index (χ4n) is 7.36. The minimum absolute atomic E-state index is 0.0879. The Balaban J connectivity index is 1.14. The van der Waals surface area contributed by atoms with Crippen molar-refractivity contribution < 1.29 is 52.7 Å². The number of carboxylic acid groups (broad SMARTS) is 1. The molecule has 0 radical (unpaired) electrons. The Bertz CT molecular complexity index is 2000. The molecule has 13 nitrogen and oxygen atoms in total. The number of amides is 1. The number of nitrogens with one attached hydrogen (secondary N) is 1. The molecule has 0 fully saturated rings. The second kappa shape index (κ2) is 18.5. The van der Waals surface area contributed by atoms with Crippen molar-refractivity contribution in [2.24, 2.45) is 0 Å². The number of carboxylic acids is 1. The quantitative estimate of drug-likeness (QED) is 0.0522. The lowest BCUT2D eigenvalue weighted by atomic mass is 9.81. The van der Waals surface area contributed by atoms with E-state index in [1.807, 2.05) is 6.07 Å². The number of aliphatic hydroxyl groups is 1. The average Bonchev–Trinajstić information content (AvgIpc) is 3.50. The van der Waals surface area contributed by atoms with Gasteiger partial charge in [0.05, 0.1) is 31.8 Å². The van der Waals surface area contributed by atoms with Gasteiger partial charge in [0.15, 0.2) is 11.8 Å². The van der Waals surface area contributed by atoms with E-state index in [0.717, 1.165) is 24.4 Å². The molecule has 3 aromatic carbocycles. The normalized spacial score (nSPS) is 17.0. The number of phosphoric ester groups is 1. The summed E-state index contributed by atoms with van der Waals surface area (Å²) in [6.45, 7) is 11.8. The van der Waals surface area contributed by atoms with Gasteiger partial charge in [-0.2, -0.15) is 4.58 Å². The van der Waals surface area contributed by atoms with Crippen LogP contribution < -0.4 is 14.7 Å². The van der Waals surface area contributed by atoms with Crippen molar-refractivity contribution in [3.8, 4) is 5.75 Å². The molecule has 0 aliphatic carbocycles. The summed E-state index contributed by atoms with van der Waals surface area (Å²) < 4.78 is 29.4. The molecule has 2 aliphatic rings. The van der Waals surface area contributed by atoms with E-state index < -0.39 is 25.8 Å². The number of ether oxygens (including phenoxy) is 2. The number of hydrogen-bond donors (Lipinski definition) is 5. The van der Waals surface area contributed by atoms with Gasteiger partial charge in [0.25, 0.3) is 5.91 Å². The predicted molar refractivity (Wildman–Crippen MR) is 214 cm³/mol. The lowest BCUT2D eigenvalue weighted by Crippen LogP contribution is -2.32. The van der Waals surface area contributed by atoms with Crippen molar-refractivity contribution in [2.45, 2.75) is 63.9 Å². The van der Waals surface area contributed by atoms with E-state index in [1.54, 1.807) is 0 Å². The molecule has 0 aromatic heterocycles. The number of carbonyl (C=O) groups is 2. The monoisotopic (exact) mass is 790 g/mol. The Hall–Kier alpha value is -4.62. The molecule has 1 amide bonds. The summed E-state index contributed by atoms with van der Waals surface area (Å²) in [6.07, 6.45) is 6.61. The van der Waals surface area contributed by atoms with Gasteiger partial charge in [-0.25, -0.2) is 4.57 Å². The molecular weight excluding hydrogens is 737 g/mol. The zero-order valence-corrected chi connectivity index (χ0v) is 33.3. The van der Waals surface area contributed by atoms with E-state index in [0.29, 0.717) is 32.8 Å². The molecule has 0 spiro atoms. The predicted octanol–water partition coefficient (Wildman–Crippen LogP) is 5.91. The van der Waals surface area contributed by atoms with Crippen LogP contribution in [0.2, 0.25) is 0 Å². The fraction of sp³-hybridized carbons (Fsp3) is 0.405. The van der Waals surface area contributed by atoms with Crippen LogP contribution in [0.15, 0.2) is 96.7 Å². The van der Waals surface area contributed by atoms with Crippen LogP contribution >= 0.6 is 7.82 Å². The highest BCUT2D eigenvalue weighted by molar-refractivity contribution is 7.46. The molecule has 56 heavy (non-hydrogen) atoms. The first-order valence-electron chi connectivity index (χ1n) is 18.8. The number of nitrogens with zero attached hydrogens (tertiary/aromatic N) is 2. The highest BCUT2D eigenvalue weighted by Crippen LogP contribution is 2.47. The fourth-order valence-corrected chi connectivity index (χ4v) is 7.76. The summed E-state index contributed by atoms with van der Waals surface area (Å²) in [5.41, 5.74) is 6.89. The molecular formula is C42H53N3O10P+. The van der Waals surface area contributed by atoms with Crippen molar-refractivity contribution in [1.82, 2.24) is 5.32 Å². The molecule has 5 rings (SSSR count). The van der Waals surface area contributed by atoms with E-state index in [2.05, 4.69) is 108 Å². The second-order valence-corrected chi connectivity index (χ2v) is 16.0. The van der Waals surface area contributed by atoms with Crippen molar-refractivity contribution in [2.75, 3.05) is 51.0 Å². The molecule has 0 bridgehead atoms. The third-order valence-corrected chi connectivity index (χ3v) is 10.6. The van der Waals surface area contributed by atoms with E-state index in [4.69, 9.17) is 24.4 Å². The maximum Gasteiger partial charge on any atom is 0.524 e. The largest absolute Gasteiger partial charge is 0.524 e. The molecule has 2 heterocycles. The van der Waals surface area contributed by atoms with Crippen LogP contribution in [0.4, 0.5) is 11.4 Å². The lowest BCUT2D eigenvalue weighted by molar-refractivity contribution is -0.438. The second-order valence-electron chi connectivity index (χ2n) is 14.8. The zero-order chi connectivity index (χ0) is 40.5. The van der Waals surface area contributed by atoms with Gasteiger partial charge in [0.2, 0.25) is 5.69 Å². The first-order chi connectivity index (χ1) is 26.6. The van der Waals surface area contributed by atoms with E-state index in [1.165, 1.54) is 46.8 Å². The van der Waals surface area contributed by atoms with Crippen LogP contribution in [-0.2, 0) is 34.5 Å². The van der Waals surface area contributed by atoms with E-state index in [9.17, 15) is 19.3 Å². The van der Waals surface area contributed by atoms with Gasteiger partial charge in [-0.05, 0) is 55.7 Å². The summed E-state index contributed by atoms with van der Waals surface area (Å²) in [6, 6.07) is 22.1. The standard InChI is InChI=1S/C42H52N3O10P/c1-41(2)32-12-5-7-14-34(32)44(24-10-9-18-38(46)47)36(41)16-11-17-37-42(3,4)33-13-6-8-15-35(33)45(37)25-27-54-29-28-53-26-23-43-40(49)39(48)30-19-21-31(22-20-30)55-56(50,51)52/h5-8,11-17,19-22,39,48H,9-10,18,23-29H2,1-4H3,(H3-,43,46,47,49,50,51,52)/p+1. The number of carbonyl (C=O) groups excluding carboxylic acids is 1. The van der Waals surface area contributed by atoms with Gasteiger partial charge in [-0.3, -0.25) is 19.4 Å². The maximum atomic E-state index is 12.4. The van der Waals surface area contributed by atoms with Crippen molar-refractivity contribution >= 4 is 36.8 Å². The Morgan fingerprint density at radius 3 is 2.23 bits per heavy atom. The molecule has 5 N–H and O–H groups in total. The van der Waals surface area contributed by atoms with Crippen LogP contribution in [0.1, 0.15) is 69.8 Å². The Kier molecular flexibility index (Phi) is 14.1. The number of phosphoric acid groups is 1. The number of aliphatic hydroxyl groups excluding tert-OH is 1. The Morgan fingerprint density at radius 2 is 1.54 bits per heavy atom. The maximum absolute atomic E-state index is 12.4. The van der Waals surface area contributed by atoms with E-state index >= 15 is 0 Å². The van der Waals surface area contributed by atoms with Crippen molar-refractivity contribution in [3.05, 3.63) is 113 Å². The van der Waals surface area contributed by atoms with Crippen LogP contribution in [-0.4, -0.2) is 88.2 Å². The number of para-hydroxylation sites is 2. The Labute approximate surface area is 328 Å². The van der Waals surface area contributed by atoms with Crippen LogP contribution in [0.25, 0.3) is 0 Å². The molecule has 1 atom stereocenters. The average molecular weight is 791 g/mol. The summed E-state index contributed by atoms with van der Waals surface area (Å²) in [5.74, 6) is -1.50. The van der Waals surface area contributed by atoms with Gasteiger partial charge in [0, 0.05) is 60.4 Å². The van der Waals surface area contributed by atoms with Crippen LogP contribution in [0, 0.1) is 0 Å². The summed E-state index contributed by atoms with van der Waals surface area (Å²) in [4.78, 5) is 43.6. The SMILES string of the molecule is CC1(C)C(=CC=CC2=[N+](CCCCC(=O)O)c3ccccc3C2(C)C)N(CCOCCOCCNC(=O)C(O)c2ccc(OP(=O)(O)O)cc2)c2ccccc21. The van der Waals surface area contributed by atoms with Gasteiger partial charge in [-0.1, -0.05) is 68.5 Å². The number of anilines is 1. The van der Waals surface area contributed by atoms with Crippen molar-refractivity contribution in [3.63, 3.8) is 0 Å². The van der Waals surface area contributed by atoms with Crippen LogP contribution in [0.3, 0.4) is 0 Å². The third kappa shape index (κ3) is 10.4. The summed E-state index contributed by atoms with van der Waals surface area (Å²) >= 11 is 0. The molecule has 0 saturated heterocycles. The Morgan fingerprint density at radius 1 is 0.875 bits per heavy atom. The summed E-state index contributed by atoms with van der Waals surface area (Å²) in [5, 5.41) is 22.1. The van der Waals surface area contributed by atoms with Gasteiger partial charge >= 0.3 is 13.8 Å². The molecule has 1 unspecified atom stereocenters. The highest BCUT2D eigenvalue weighted by Gasteiger charge is 2.44. The summed E-state index contributed by atoms with van der Waals surface area (Å²) in [7, 11) is -4.71. The van der Waals surface area contributed by atoms with E-state index in [-0.39, 0.29) is 41.7 Å². The van der Waals surface area contributed by atoms with Crippen molar-refractivity contribution in [1.29, 1.82) is 0 Å². The van der Waals surface area contributed by atoms with Gasteiger partial charge in [-0.15, -0.1) is 0 Å². The highest BCUT2D eigenvalue weighted by atomic mass is 31.2. The smallest absolute Gasteiger partial charge is 0.481 e. The molecule has 0 saturated carbocycles. The molecule has 14 heteroatoms. The third-order valence-electron chi connectivity index (χ3n) is 10.2. The number of aliphatic carboxylic acids is 1. The first kappa shape index (κ1) is 42.5. The minimum atomic E-state index is -4.71. The molecule has 300 valence electrons. The van der Waals surface area contributed by atoms with Crippen LogP contribution in [0.5, 0.6) is 5.75 Å². The first-order valence-corrected chi connectivity index (χ1v) is 20.3. The number of fused-ring (bicyclic) bond motifs is 2. The number of benzene rings is 3. The number of unbranched alkanes of at least 4 members (excludes halogenated alkanes) is 1. The van der Waals surface area contributed by atoms with Gasteiger partial charge < -0.3 is 34.4 Å². The lowest BCUT2D eigenvalue weighted by Gasteiger charge is -2.27.